The zero-order chi connectivity index (χ0) is 24.5. The summed E-state index contributed by atoms with van der Waals surface area (Å²) < 4.78 is 11.0. The van der Waals surface area contributed by atoms with Crippen LogP contribution in [0.3, 0.4) is 0 Å². The zero-order valence-corrected chi connectivity index (χ0v) is 21.4. The first-order valence-electron chi connectivity index (χ1n) is 11.8. The highest BCUT2D eigenvalue weighted by atomic mass is 35.5. The van der Waals surface area contributed by atoms with Crippen LogP contribution in [-0.2, 0) is 11.3 Å². The van der Waals surface area contributed by atoms with Gasteiger partial charge in [0.2, 0.25) is 0 Å². The lowest BCUT2D eigenvalue weighted by molar-refractivity contribution is 0.0256. The molecule has 0 radical (unpaired) electrons. The summed E-state index contributed by atoms with van der Waals surface area (Å²) in [6.07, 6.45) is 3.65. The summed E-state index contributed by atoms with van der Waals surface area (Å²) in [6.45, 7) is 9.88. The summed E-state index contributed by atoms with van der Waals surface area (Å²) >= 11 is 6.19. The quantitative estimate of drug-likeness (QED) is 0.519. The van der Waals surface area contributed by atoms with Crippen LogP contribution in [0.5, 0.6) is 5.75 Å². The number of methoxy groups -OCH3 is 1. The van der Waals surface area contributed by atoms with E-state index in [1.54, 1.807) is 7.11 Å². The summed E-state index contributed by atoms with van der Waals surface area (Å²) in [4.78, 5) is 14.5. The fourth-order valence-electron chi connectivity index (χ4n) is 4.57. The highest BCUT2D eigenvalue weighted by molar-refractivity contribution is 6.30. The Kier molecular flexibility index (Phi) is 6.99. The van der Waals surface area contributed by atoms with Gasteiger partial charge in [0, 0.05) is 24.3 Å². The molecule has 6 nitrogen and oxygen atoms in total. The lowest BCUT2D eigenvalue weighted by Gasteiger charge is -2.36. The van der Waals surface area contributed by atoms with Crippen LogP contribution in [0.2, 0.25) is 5.02 Å². The van der Waals surface area contributed by atoms with Gasteiger partial charge in [0.05, 0.1) is 25.4 Å². The minimum atomic E-state index is -0.499. The molecule has 0 saturated carbocycles. The molecule has 4 rings (SSSR count). The van der Waals surface area contributed by atoms with Crippen molar-refractivity contribution < 1.29 is 14.3 Å². The molecule has 0 N–H and O–H groups in total. The maximum atomic E-state index is 12.7. The van der Waals surface area contributed by atoms with Gasteiger partial charge in [-0.3, -0.25) is 10.0 Å². The predicted molar refractivity (Wildman–Crippen MR) is 136 cm³/mol. The second-order valence-corrected chi connectivity index (χ2v) is 10.4. The molecule has 0 aliphatic carbocycles. The number of rotatable bonds is 4. The van der Waals surface area contributed by atoms with Gasteiger partial charge in [0.25, 0.3) is 0 Å². The van der Waals surface area contributed by atoms with Crippen molar-refractivity contribution in [2.75, 3.05) is 25.2 Å². The number of benzene rings is 2. The standard InChI is InChI=1S/C27H34ClN3O3/c1-19-16-24(33-5)11-6-20(19)17-30-18-21-12-14-29(26(32)34-27(2,3)4)15-13-25(21)31(30)23-9-7-22(28)8-10-23/h6-11,16,18,25H,12-15,17H2,1-5H3. The molecule has 2 aromatic rings. The monoisotopic (exact) mass is 483 g/mol. The Labute approximate surface area is 207 Å². The number of likely N-dealkylation sites (tertiary alicyclic amines) is 1. The van der Waals surface area contributed by atoms with E-state index in [1.165, 1.54) is 16.7 Å². The molecule has 1 fully saturated rings. The number of carbonyl (C=O) groups is 1. The topological polar surface area (TPSA) is 45.3 Å². The van der Waals surface area contributed by atoms with E-state index >= 15 is 0 Å². The number of nitrogens with zero attached hydrogens (tertiary/aromatic N) is 3. The number of ether oxygens (including phenoxy) is 2. The molecular formula is C27H34ClN3O3. The highest BCUT2D eigenvalue weighted by Gasteiger charge is 2.37. The van der Waals surface area contributed by atoms with E-state index < -0.39 is 5.60 Å². The first kappa shape index (κ1) is 24.3. The maximum Gasteiger partial charge on any atom is 0.410 e. The molecule has 1 atom stereocenters. The van der Waals surface area contributed by atoms with Crippen LogP contribution in [0.15, 0.2) is 54.2 Å². The molecule has 0 spiro atoms. The Morgan fingerprint density at radius 3 is 2.50 bits per heavy atom. The first-order valence-corrected chi connectivity index (χ1v) is 12.2. The van der Waals surface area contributed by atoms with E-state index in [0.717, 1.165) is 30.8 Å². The minimum absolute atomic E-state index is 0.173. The van der Waals surface area contributed by atoms with E-state index in [1.807, 2.05) is 43.9 Å². The van der Waals surface area contributed by atoms with Crippen molar-refractivity contribution in [2.45, 2.75) is 58.7 Å². The second-order valence-electron chi connectivity index (χ2n) is 9.94. The summed E-state index contributed by atoms with van der Waals surface area (Å²) in [5.74, 6) is 0.864. The number of hydrogen-bond donors (Lipinski definition) is 0. The molecule has 2 aliphatic rings. The van der Waals surface area contributed by atoms with E-state index in [4.69, 9.17) is 21.1 Å². The number of fused-ring (bicyclic) bond motifs is 1. The van der Waals surface area contributed by atoms with Gasteiger partial charge in [-0.25, -0.2) is 4.79 Å². The van der Waals surface area contributed by atoms with Gasteiger partial charge in [-0.1, -0.05) is 17.7 Å². The number of aryl methyl sites for hydroxylation is 1. The average molecular weight is 484 g/mol. The third kappa shape index (κ3) is 5.44. The summed E-state index contributed by atoms with van der Waals surface area (Å²) in [7, 11) is 1.69. The van der Waals surface area contributed by atoms with E-state index in [9.17, 15) is 4.79 Å². The van der Waals surface area contributed by atoms with Gasteiger partial charge in [0.1, 0.15) is 11.4 Å². The number of carbonyl (C=O) groups excluding carboxylic acids is 1. The predicted octanol–water partition coefficient (Wildman–Crippen LogP) is 6.18. The van der Waals surface area contributed by atoms with Gasteiger partial charge < -0.3 is 14.4 Å². The van der Waals surface area contributed by atoms with E-state index in [-0.39, 0.29) is 12.1 Å². The van der Waals surface area contributed by atoms with E-state index in [0.29, 0.717) is 18.1 Å². The van der Waals surface area contributed by atoms with Crippen molar-refractivity contribution in [3.8, 4) is 5.75 Å². The molecular weight excluding hydrogens is 450 g/mol. The van der Waals surface area contributed by atoms with Crippen molar-refractivity contribution >= 4 is 23.4 Å². The summed E-state index contributed by atoms with van der Waals surface area (Å²) in [5.41, 5.74) is 4.34. The van der Waals surface area contributed by atoms with Crippen molar-refractivity contribution in [1.29, 1.82) is 0 Å². The number of halogens is 1. The molecule has 182 valence electrons. The highest BCUT2D eigenvalue weighted by Crippen LogP contribution is 2.36. The molecule has 2 heterocycles. The minimum Gasteiger partial charge on any atom is -0.497 e. The van der Waals surface area contributed by atoms with Gasteiger partial charge in [0.15, 0.2) is 0 Å². The lowest BCUT2D eigenvalue weighted by atomic mass is 10.0. The van der Waals surface area contributed by atoms with Gasteiger partial charge >= 0.3 is 6.09 Å². The maximum absolute atomic E-state index is 12.7. The van der Waals surface area contributed by atoms with Gasteiger partial charge in [-0.15, -0.1) is 0 Å². The van der Waals surface area contributed by atoms with Crippen LogP contribution in [0.1, 0.15) is 44.7 Å². The van der Waals surface area contributed by atoms with E-state index in [2.05, 4.69) is 47.4 Å². The Bertz CT molecular complexity index is 1060. The Morgan fingerprint density at radius 1 is 1.12 bits per heavy atom. The fraction of sp³-hybridized carbons (Fsp3) is 0.444. The zero-order valence-electron chi connectivity index (χ0n) is 20.7. The molecule has 2 aromatic carbocycles. The Balaban J connectivity index is 1.60. The molecule has 1 saturated heterocycles. The Hall–Kier alpha value is -2.86. The SMILES string of the molecule is COc1ccc(CN2C=C3CCN(C(=O)OC(C)(C)C)CCC3N2c2ccc(Cl)cc2)c(C)c1. The average Bonchev–Trinajstić information content (AvgIpc) is 2.97. The second kappa shape index (κ2) is 9.79. The third-order valence-electron chi connectivity index (χ3n) is 6.28. The lowest BCUT2D eigenvalue weighted by Crippen LogP contribution is -2.43. The van der Waals surface area contributed by atoms with Crippen LogP contribution in [-0.4, -0.2) is 47.8 Å². The number of amides is 1. The molecule has 1 amide bonds. The number of hydrogen-bond acceptors (Lipinski definition) is 5. The van der Waals surface area contributed by atoms with Crippen LogP contribution in [0, 0.1) is 6.92 Å². The molecule has 34 heavy (non-hydrogen) atoms. The number of anilines is 1. The van der Waals surface area contributed by atoms with Crippen molar-refractivity contribution in [2.24, 2.45) is 0 Å². The van der Waals surface area contributed by atoms with Crippen LogP contribution in [0.4, 0.5) is 10.5 Å². The largest absolute Gasteiger partial charge is 0.497 e. The molecule has 2 aliphatic heterocycles. The molecule has 0 aromatic heterocycles. The summed E-state index contributed by atoms with van der Waals surface area (Å²) in [5, 5.41) is 5.35. The number of hydrazine groups is 1. The van der Waals surface area contributed by atoms with Crippen LogP contribution < -0.4 is 9.75 Å². The van der Waals surface area contributed by atoms with Gasteiger partial charge in [-0.2, -0.15) is 0 Å². The first-order chi connectivity index (χ1) is 16.1. The van der Waals surface area contributed by atoms with Crippen molar-refractivity contribution in [3.63, 3.8) is 0 Å². The van der Waals surface area contributed by atoms with Crippen LogP contribution in [0.25, 0.3) is 0 Å². The molecule has 1 unspecified atom stereocenters. The van der Waals surface area contributed by atoms with Crippen molar-refractivity contribution in [1.82, 2.24) is 9.91 Å². The third-order valence-corrected chi connectivity index (χ3v) is 6.53. The van der Waals surface area contributed by atoms with Crippen molar-refractivity contribution in [3.05, 3.63) is 70.4 Å². The summed E-state index contributed by atoms with van der Waals surface area (Å²) in [6, 6.07) is 14.4. The van der Waals surface area contributed by atoms with Crippen LogP contribution >= 0.6 is 11.6 Å². The molecule has 0 bridgehead atoms. The smallest absolute Gasteiger partial charge is 0.410 e. The molecule has 7 heteroatoms. The Morgan fingerprint density at radius 2 is 1.85 bits per heavy atom. The fourth-order valence-corrected chi connectivity index (χ4v) is 4.69. The normalized spacial score (nSPS) is 18.4. The van der Waals surface area contributed by atoms with Gasteiger partial charge in [-0.05, 0) is 93.6 Å².